The Balaban J connectivity index is 2.02. The number of nitrogen functional groups attached to an aromatic ring is 1. The summed E-state index contributed by atoms with van der Waals surface area (Å²) in [6.45, 7) is 4.51. The first-order chi connectivity index (χ1) is 9.88. The summed E-state index contributed by atoms with van der Waals surface area (Å²) in [7, 11) is 0. The van der Waals surface area contributed by atoms with Crippen molar-refractivity contribution in [3.05, 3.63) is 29.1 Å². The zero-order valence-electron chi connectivity index (χ0n) is 12.3. The van der Waals surface area contributed by atoms with Gasteiger partial charge < -0.3 is 16.0 Å². The predicted molar refractivity (Wildman–Crippen MR) is 78.3 cm³/mol. The maximum Gasteiger partial charge on any atom is 0.254 e. The van der Waals surface area contributed by atoms with Gasteiger partial charge in [-0.1, -0.05) is 0 Å². The van der Waals surface area contributed by atoms with Crippen molar-refractivity contribution >= 4 is 17.5 Å². The monoisotopic (exact) mass is 293 g/mol. The Morgan fingerprint density at radius 3 is 2.86 bits per heavy atom. The number of anilines is 1. The van der Waals surface area contributed by atoms with Gasteiger partial charge in [0.15, 0.2) is 0 Å². The van der Waals surface area contributed by atoms with E-state index in [1.54, 1.807) is 18.7 Å². The maximum atomic E-state index is 14.0. The van der Waals surface area contributed by atoms with Crippen LogP contribution in [0.3, 0.4) is 0 Å². The minimum atomic E-state index is -0.564. The first kappa shape index (κ1) is 15.3. The van der Waals surface area contributed by atoms with Crippen molar-refractivity contribution in [2.45, 2.75) is 32.7 Å². The first-order valence-corrected chi connectivity index (χ1v) is 7.02. The van der Waals surface area contributed by atoms with Crippen molar-refractivity contribution in [3.63, 3.8) is 0 Å². The fourth-order valence-electron chi connectivity index (χ4n) is 2.54. The second-order valence-corrected chi connectivity index (χ2v) is 5.52. The molecule has 1 aliphatic rings. The minimum absolute atomic E-state index is 0.0629. The number of amides is 2. The molecule has 0 bridgehead atoms. The Labute approximate surface area is 123 Å². The van der Waals surface area contributed by atoms with E-state index in [2.05, 4.69) is 5.32 Å². The highest BCUT2D eigenvalue weighted by molar-refractivity contribution is 5.95. The number of rotatable bonds is 4. The van der Waals surface area contributed by atoms with Gasteiger partial charge in [-0.15, -0.1) is 0 Å². The number of carbonyl (C=O) groups is 2. The van der Waals surface area contributed by atoms with Gasteiger partial charge in [-0.3, -0.25) is 9.59 Å². The van der Waals surface area contributed by atoms with E-state index in [1.165, 1.54) is 12.1 Å². The zero-order valence-corrected chi connectivity index (χ0v) is 12.3. The molecule has 1 fully saturated rings. The molecule has 2 amide bonds. The summed E-state index contributed by atoms with van der Waals surface area (Å²) in [4.78, 5) is 25.4. The van der Waals surface area contributed by atoms with E-state index in [1.807, 2.05) is 0 Å². The first-order valence-electron chi connectivity index (χ1n) is 7.02. The molecule has 1 saturated heterocycles. The molecule has 0 aromatic heterocycles. The lowest BCUT2D eigenvalue weighted by Gasteiger charge is -2.22. The Hall–Kier alpha value is -2.11. The molecule has 1 aromatic rings. The van der Waals surface area contributed by atoms with Gasteiger partial charge in [-0.05, 0) is 38.0 Å². The Kier molecular flexibility index (Phi) is 4.45. The molecule has 1 atom stereocenters. The third-order valence-corrected chi connectivity index (χ3v) is 3.56. The topological polar surface area (TPSA) is 75.4 Å². The lowest BCUT2D eigenvalue weighted by Crippen LogP contribution is -2.42. The van der Waals surface area contributed by atoms with Gasteiger partial charge in [0, 0.05) is 31.2 Å². The molecule has 0 spiro atoms. The third-order valence-electron chi connectivity index (χ3n) is 3.56. The van der Waals surface area contributed by atoms with E-state index in [4.69, 9.17) is 5.73 Å². The highest BCUT2D eigenvalue weighted by Gasteiger charge is 2.23. The fraction of sp³-hybridized carbons (Fsp3) is 0.467. The number of hydrogen-bond donors (Lipinski definition) is 2. The summed E-state index contributed by atoms with van der Waals surface area (Å²) in [5, 5.41) is 2.71. The van der Waals surface area contributed by atoms with Crippen molar-refractivity contribution in [1.82, 2.24) is 10.2 Å². The third kappa shape index (κ3) is 3.51. The number of benzene rings is 1. The van der Waals surface area contributed by atoms with Gasteiger partial charge in [0.25, 0.3) is 5.91 Å². The van der Waals surface area contributed by atoms with Gasteiger partial charge in [0.1, 0.15) is 5.82 Å². The highest BCUT2D eigenvalue weighted by atomic mass is 19.1. The smallest absolute Gasteiger partial charge is 0.254 e. The summed E-state index contributed by atoms with van der Waals surface area (Å²) in [6, 6.07) is 2.56. The van der Waals surface area contributed by atoms with Crippen molar-refractivity contribution in [3.8, 4) is 0 Å². The van der Waals surface area contributed by atoms with Crippen LogP contribution < -0.4 is 11.1 Å². The van der Waals surface area contributed by atoms with E-state index in [0.717, 1.165) is 6.42 Å². The molecule has 1 aromatic carbocycles. The van der Waals surface area contributed by atoms with E-state index >= 15 is 0 Å². The van der Waals surface area contributed by atoms with Gasteiger partial charge in [0.2, 0.25) is 5.91 Å². The molecule has 0 saturated carbocycles. The van der Waals surface area contributed by atoms with E-state index < -0.39 is 11.7 Å². The SMILES string of the molecule is Cc1cc(N)cc(C(=O)NC(C)CN2CCCC2=O)c1F. The molecule has 0 radical (unpaired) electrons. The van der Waals surface area contributed by atoms with Crippen molar-refractivity contribution < 1.29 is 14.0 Å². The van der Waals surface area contributed by atoms with Crippen LogP contribution in [-0.2, 0) is 4.79 Å². The molecule has 1 unspecified atom stereocenters. The van der Waals surface area contributed by atoms with Crippen LogP contribution in [0.5, 0.6) is 0 Å². The summed E-state index contributed by atoms with van der Waals surface area (Å²) < 4.78 is 14.0. The van der Waals surface area contributed by atoms with Crippen LogP contribution in [-0.4, -0.2) is 35.8 Å². The molecule has 6 heteroatoms. The molecular weight excluding hydrogens is 273 g/mol. The van der Waals surface area contributed by atoms with Crippen molar-refractivity contribution in [2.24, 2.45) is 0 Å². The Morgan fingerprint density at radius 2 is 2.24 bits per heavy atom. The zero-order chi connectivity index (χ0) is 15.6. The van der Waals surface area contributed by atoms with Crippen molar-refractivity contribution in [1.29, 1.82) is 0 Å². The summed E-state index contributed by atoms with van der Waals surface area (Å²) in [6.07, 6.45) is 1.41. The number of nitrogens with one attached hydrogen (secondary N) is 1. The number of likely N-dealkylation sites (tertiary alicyclic amines) is 1. The highest BCUT2D eigenvalue weighted by Crippen LogP contribution is 2.17. The molecule has 3 N–H and O–H groups in total. The molecular formula is C15H20FN3O2. The number of aryl methyl sites for hydroxylation is 1. The van der Waals surface area contributed by atoms with E-state index in [9.17, 15) is 14.0 Å². The number of carbonyl (C=O) groups excluding carboxylic acids is 2. The standard InChI is InChI=1S/C15H20FN3O2/c1-9-6-11(17)7-12(14(9)16)15(21)18-10(2)8-19-5-3-4-13(19)20/h6-7,10H,3-5,8,17H2,1-2H3,(H,18,21). The van der Waals surface area contributed by atoms with Gasteiger partial charge >= 0.3 is 0 Å². The normalized spacial score (nSPS) is 16.1. The predicted octanol–water partition coefficient (Wildman–Crippen LogP) is 1.46. The van der Waals surface area contributed by atoms with Gasteiger partial charge in [-0.25, -0.2) is 4.39 Å². The summed E-state index contributed by atoms with van der Waals surface area (Å²) in [5.41, 5.74) is 6.27. The average molecular weight is 293 g/mol. The molecule has 5 nitrogen and oxygen atoms in total. The van der Waals surface area contributed by atoms with Crippen LogP contribution in [0.1, 0.15) is 35.7 Å². The average Bonchev–Trinajstić information content (AvgIpc) is 2.79. The van der Waals surface area contributed by atoms with Gasteiger partial charge in [0.05, 0.1) is 5.56 Å². The van der Waals surface area contributed by atoms with Gasteiger partial charge in [-0.2, -0.15) is 0 Å². The minimum Gasteiger partial charge on any atom is -0.399 e. The molecule has 1 aliphatic heterocycles. The molecule has 1 heterocycles. The second-order valence-electron chi connectivity index (χ2n) is 5.52. The number of halogens is 1. The van der Waals surface area contributed by atoms with Crippen LogP contribution in [0.2, 0.25) is 0 Å². The fourth-order valence-corrected chi connectivity index (χ4v) is 2.54. The van der Waals surface area contributed by atoms with Crippen LogP contribution >= 0.6 is 0 Å². The van der Waals surface area contributed by atoms with Crippen LogP contribution in [0.15, 0.2) is 12.1 Å². The van der Waals surface area contributed by atoms with Crippen LogP contribution in [0.25, 0.3) is 0 Å². The second kappa shape index (κ2) is 6.11. The largest absolute Gasteiger partial charge is 0.399 e. The Bertz CT molecular complexity index is 574. The number of hydrogen-bond acceptors (Lipinski definition) is 3. The van der Waals surface area contributed by atoms with E-state index in [-0.39, 0.29) is 17.5 Å². The molecule has 0 aliphatic carbocycles. The van der Waals surface area contributed by atoms with Crippen molar-refractivity contribution in [2.75, 3.05) is 18.8 Å². The molecule has 2 rings (SSSR count). The lowest BCUT2D eigenvalue weighted by atomic mass is 10.1. The van der Waals surface area contributed by atoms with Crippen LogP contribution in [0.4, 0.5) is 10.1 Å². The summed E-state index contributed by atoms with van der Waals surface area (Å²) in [5.74, 6) is -0.977. The quantitative estimate of drug-likeness (QED) is 0.825. The summed E-state index contributed by atoms with van der Waals surface area (Å²) >= 11 is 0. The maximum absolute atomic E-state index is 14.0. The molecule has 114 valence electrons. The molecule has 21 heavy (non-hydrogen) atoms. The van der Waals surface area contributed by atoms with Crippen LogP contribution in [0, 0.1) is 12.7 Å². The Morgan fingerprint density at radius 1 is 1.52 bits per heavy atom. The van der Waals surface area contributed by atoms with E-state index in [0.29, 0.717) is 30.8 Å². The number of nitrogens with two attached hydrogens (primary N) is 1. The lowest BCUT2D eigenvalue weighted by molar-refractivity contribution is -0.127. The number of nitrogens with zero attached hydrogens (tertiary/aromatic N) is 1.